The molecule has 1 aromatic carbocycles. The molecule has 28 heavy (non-hydrogen) atoms. The molecule has 1 aliphatic rings. The van der Waals surface area contributed by atoms with Crippen LogP contribution >= 0.6 is 0 Å². The Morgan fingerprint density at radius 2 is 1.71 bits per heavy atom. The zero-order valence-electron chi connectivity index (χ0n) is 16.1. The highest BCUT2D eigenvalue weighted by Crippen LogP contribution is 2.34. The number of carbonyl (C=O) groups is 1. The quantitative estimate of drug-likeness (QED) is 0.865. The molecule has 1 atom stereocenters. The van der Waals surface area contributed by atoms with Crippen LogP contribution in [0, 0.1) is 13.8 Å². The largest absolute Gasteiger partial charge is 0.426 e. The molecule has 1 fully saturated rings. The fraction of sp³-hybridized carbons (Fsp3) is 0.500. The van der Waals surface area contributed by atoms with Crippen LogP contribution in [0.4, 0.5) is 13.2 Å². The van der Waals surface area contributed by atoms with Crippen LogP contribution in [0.3, 0.4) is 0 Å². The molecule has 0 radical (unpaired) electrons. The Morgan fingerprint density at radius 3 is 2.25 bits per heavy atom. The number of alkyl halides is 3. The van der Waals surface area contributed by atoms with Crippen molar-refractivity contribution in [2.45, 2.75) is 51.3 Å². The molecular weight excluding hydrogens is 371 g/mol. The lowest BCUT2D eigenvalue weighted by Gasteiger charge is -2.36. The molecule has 2 aromatic rings. The van der Waals surface area contributed by atoms with Gasteiger partial charge in [0.05, 0.1) is 11.4 Å². The maximum atomic E-state index is 12.9. The molecule has 1 amide bonds. The Bertz CT molecular complexity index is 849. The average Bonchev–Trinajstić information content (AvgIpc) is 3.02. The van der Waals surface area contributed by atoms with Crippen molar-refractivity contribution in [2.75, 3.05) is 13.1 Å². The monoisotopic (exact) mass is 395 g/mol. The number of aromatic nitrogens is 2. The predicted molar refractivity (Wildman–Crippen MR) is 98.3 cm³/mol. The highest BCUT2D eigenvalue weighted by Gasteiger charge is 2.57. The Hall–Kier alpha value is -2.35. The van der Waals surface area contributed by atoms with Gasteiger partial charge in [-0.2, -0.15) is 18.3 Å². The van der Waals surface area contributed by atoms with Gasteiger partial charge in [-0.1, -0.05) is 17.7 Å². The first kappa shape index (κ1) is 20.4. The average molecular weight is 395 g/mol. The van der Waals surface area contributed by atoms with Crippen molar-refractivity contribution >= 4 is 5.91 Å². The van der Waals surface area contributed by atoms with Crippen LogP contribution in [0.2, 0.25) is 0 Å². The summed E-state index contributed by atoms with van der Waals surface area (Å²) in [7, 11) is 0. The van der Waals surface area contributed by atoms with Crippen LogP contribution in [0.15, 0.2) is 30.3 Å². The number of nitrogens with zero attached hydrogens (tertiary/aromatic N) is 3. The lowest BCUT2D eigenvalue weighted by Crippen LogP contribution is -2.57. The highest BCUT2D eigenvalue weighted by molar-refractivity contribution is 5.85. The van der Waals surface area contributed by atoms with Gasteiger partial charge < -0.3 is 10.0 Å². The van der Waals surface area contributed by atoms with Gasteiger partial charge in [-0.05, 0) is 51.8 Å². The maximum Gasteiger partial charge on any atom is 0.426 e. The molecule has 8 heteroatoms. The minimum atomic E-state index is -5.00. The molecule has 0 unspecified atom stereocenters. The number of piperidine rings is 1. The Morgan fingerprint density at radius 1 is 1.14 bits per heavy atom. The van der Waals surface area contributed by atoms with Crippen LogP contribution in [0.25, 0.3) is 5.69 Å². The number of hydrogen-bond acceptors (Lipinski definition) is 3. The number of rotatable bonds is 3. The van der Waals surface area contributed by atoms with E-state index in [2.05, 4.69) is 5.10 Å². The molecule has 0 aliphatic carbocycles. The summed E-state index contributed by atoms with van der Waals surface area (Å²) in [5.74, 6) is -1.23. The SMILES string of the molecule is Cc1ccc(-n2nc(C3CCN(C(=O)[C@@](C)(O)C(F)(F)F)CC3)cc2C)cc1. The molecule has 5 nitrogen and oxygen atoms in total. The number of aryl methyl sites for hydroxylation is 2. The van der Waals surface area contributed by atoms with E-state index in [0.29, 0.717) is 19.8 Å². The minimum Gasteiger partial charge on any atom is -0.373 e. The van der Waals surface area contributed by atoms with Gasteiger partial charge in [-0.3, -0.25) is 4.79 Å². The molecule has 152 valence electrons. The van der Waals surface area contributed by atoms with E-state index in [1.165, 1.54) is 0 Å². The lowest BCUT2D eigenvalue weighted by atomic mass is 9.92. The van der Waals surface area contributed by atoms with Crippen molar-refractivity contribution in [3.8, 4) is 5.69 Å². The number of hydrogen-bond donors (Lipinski definition) is 1. The highest BCUT2D eigenvalue weighted by atomic mass is 19.4. The zero-order chi connectivity index (χ0) is 20.7. The van der Waals surface area contributed by atoms with Gasteiger partial charge in [-0.25, -0.2) is 4.68 Å². The number of amides is 1. The van der Waals surface area contributed by atoms with Crippen molar-refractivity contribution in [3.05, 3.63) is 47.3 Å². The fourth-order valence-electron chi connectivity index (χ4n) is 3.45. The van der Waals surface area contributed by atoms with E-state index in [0.717, 1.165) is 27.5 Å². The molecular formula is C20H24F3N3O2. The number of benzene rings is 1. The molecule has 1 aromatic heterocycles. The van der Waals surface area contributed by atoms with E-state index in [1.807, 2.05) is 48.9 Å². The molecule has 0 spiro atoms. The predicted octanol–water partition coefficient (Wildman–Crippen LogP) is 3.51. The summed E-state index contributed by atoms with van der Waals surface area (Å²) < 4.78 is 40.6. The van der Waals surface area contributed by atoms with Gasteiger partial charge >= 0.3 is 6.18 Å². The molecule has 0 bridgehead atoms. The normalized spacial score (nSPS) is 18.2. The molecule has 1 aliphatic heterocycles. The van der Waals surface area contributed by atoms with E-state index in [4.69, 9.17) is 0 Å². The van der Waals surface area contributed by atoms with Crippen LogP contribution in [-0.2, 0) is 4.79 Å². The first-order chi connectivity index (χ1) is 13.0. The summed E-state index contributed by atoms with van der Waals surface area (Å²) in [4.78, 5) is 13.2. The summed E-state index contributed by atoms with van der Waals surface area (Å²) in [6, 6.07) is 9.96. The van der Waals surface area contributed by atoms with E-state index in [-0.39, 0.29) is 19.0 Å². The standard InChI is InChI=1S/C20H24F3N3O2/c1-13-4-6-16(7-5-13)26-14(2)12-17(24-26)15-8-10-25(11-9-15)18(27)19(3,28)20(21,22)23/h4-7,12,15,28H,8-11H2,1-3H3/t19-/m1/s1. The van der Waals surface area contributed by atoms with E-state index in [9.17, 15) is 23.1 Å². The summed E-state index contributed by atoms with van der Waals surface area (Å²) >= 11 is 0. The van der Waals surface area contributed by atoms with Gasteiger partial charge in [0.1, 0.15) is 0 Å². The number of carbonyl (C=O) groups excluding carboxylic acids is 1. The van der Waals surface area contributed by atoms with Gasteiger partial charge in [0.25, 0.3) is 5.91 Å². The zero-order valence-corrected chi connectivity index (χ0v) is 16.1. The van der Waals surface area contributed by atoms with Crippen LogP contribution < -0.4 is 0 Å². The topological polar surface area (TPSA) is 58.4 Å². The fourth-order valence-corrected chi connectivity index (χ4v) is 3.45. The number of halogens is 3. The first-order valence-corrected chi connectivity index (χ1v) is 9.23. The molecule has 0 saturated carbocycles. The van der Waals surface area contributed by atoms with E-state index in [1.54, 1.807) is 0 Å². The van der Waals surface area contributed by atoms with Gasteiger partial charge in [0.15, 0.2) is 0 Å². The molecule has 1 N–H and O–H groups in total. The van der Waals surface area contributed by atoms with Crippen molar-refractivity contribution in [2.24, 2.45) is 0 Å². The van der Waals surface area contributed by atoms with E-state index >= 15 is 0 Å². The third-order valence-electron chi connectivity index (χ3n) is 5.35. The molecule has 3 rings (SSSR count). The van der Waals surface area contributed by atoms with E-state index < -0.39 is 17.7 Å². The van der Waals surface area contributed by atoms with Crippen LogP contribution in [-0.4, -0.2) is 50.6 Å². The first-order valence-electron chi connectivity index (χ1n) is 9.23. The van der Waals surface area contributed by atoms with Gasteiger partial charge in [0, 0.05) is 24.7 Å². The summed E-state index contributed by atoms with van der Waals surface area (Å²) in [5, 5.41) is 14.3. The second kappa shape index (κ2) is 7.24. The van der Waals surface area contributed by atoms with Crippen LogP contribution in [0.1, 0.15) is 42.6 Å². The summed E-state index contributed by atoms with van der Waals surface area (Å²) in [5.41, 5.74) is 0.581. The molecule has 1 saturated heterocycles. The second-order valence-electron chi connectivity index (χ2n) is 7.59. The second-order valence-corrected chi connectivity index (χ2v) is 7.59. The van der Waals surface area contributed by atoms with Gasteiger partial charge in [0.2, 0.25) is 5.60 Å². The minimum absolute atomic E-state index is 0.0604. The molecule has 2 heterocycles. The maximum absolute atomic E-state index is 12.9. The van der Waals surface area contributed by atoms with Crippen molar-refractivity contribution in [1.29, 1.82) is 0 Å². The third kappa shape index (κ3) is 3.78. The smallest absolute Gasteiger partial charge is 0.373 e. The van der Waals surface area contributed by atoms with Crippen molar-refractivity contribution < 1.29 is 23.1 Å². The lowest BCUT2D eigenvalue weighted by molar-refractivity contribution is -0.250. The Balaban J connectivity index is 1.70. The number of likely N-dealkylation sites (tertiary alicyclic amines) is 1. The summed E-state index contributed by atoms with van der Waals surface area (Å²) in [6.07, 6.45) is -3.99. The number of aliphatic hydroxyl groups is 1. The summed E-state index contributed by atoms with van der Waals surface area (Å²) in [6.45, 7) is 4.79. The van der Waals surface area contributed by atoms with Gasteiger partial charge in [-0.15, -0.1) is 0 Å². The third-order valence-corrected chi connectivity index (χ3v) is 5.35. The Kier molecular flexibility index (Phi) is 5.27. The Labute approximate surface area is 161 Å². The van der Waals surface area contributed by atoms with Crippen molar-refractivity contribution in [3.63, 3.8) is 0 Å². The van der Waals surface area contributed by atoms with Crippen molar-refractivity contribution in [1.82, 2.24) is 14.7 Å². The van der Waals surface area contributed by atoms with Crippen LogP contribution in [0.5, 0.6) is 0 Å².